The molecule has 9 nitrogen and oxygen atoms in total. The van der Waals surface area contributed by atoms with Crippen molar-refractivity contribution < 1.29 is 8.42 Å². The van der Waals surface area contributed by atoms with Crippen molar-refractivity contribution in [3.05, 3.63) is 76.1 Å². The monoisotopic (exact) mass is 464 g/mol. The molecule has 0 atom stereocenters. The Morgan fingerprint density at radius 2 is 1.82 bits per heavy atom. The summed E-state index contributed by atoms with van der Waals surface area (Å²) in [6.45, 7) is 4.20. The number of pyridine rings is 1. The number of benzene rings is 1. The van der Waals surface area contributed by atoms with Gasteiger partial charge in [-0.2, -0.15) is 9.50 Å². The van der Waals surface area contributed by atoms with E-state index in [4.69, 9.17) is 5.14 Å². The van der Waals surface area contributed by atoms with Gasteiger partial charge in [0, 0.05) is 23.2 Å². The fourth-order valence-electron chi connectivity index (χ4n) is 3.85. The molecule has 10 heteroatoms. The van der Waals surface area contributed by atoms with Gasteiger partial charge in [0.2, 0.25) is 15.8 Å². The number of primary sulfonamides is 1. The summed E-state index contributed by atoms with van der Waals surface area (Å²) in [6, 6.07) is 12.2. The molecule has 5 rings (SSSR count). The van der Waals surface area contributed by atoms with Crippen molar-refractivity contribution in [1.29, 1.82) is 0 Å². The van der Waals surface area contributed by atoms with E-state index in [0.29, 0.717) is 34.3 Å². The van der Waals surface area contributed by atoms with Gasteiger partial charge in [-0.05, 0) is 30.9 Å². The van der Waals surface area contributed by atoms with Crippen LogP contribution in [-0.4, -0.2) is 32.6 Å². The van der Waals surface area contributed by atoms with Crippen molar-refractivity contribution in [1.82, 2.24) is 24.1 Å². The lowest BCUT2D eigenvalue weighted by atomic mass is 10.1. The van der Waals surface area contributed by atoms with Gasteiger partial charge in [0.1, 0.15) is 4.90 Å². The molecule has 1 aromatic carbocycles. The summed E-state index contributed by atoms with van der Waals surface area (Å²) >= 11 is 0. The number of nitrogens with two attached hydrogens (primary N) is 1. The van der Waals surface area contributed by atoms with Crippen LogP contribution in [0.15, 0.2) is 58.4 Å². The van der Waals surface area contributed by atoms with E-state index in [1.807, 2.05) is 36.6 Å². The normalized spacial score (nSPS) is 14.3. The fraction of sp³-hybridized carbons (Fsp3) is 0.304. The maximum Gasteiger partial charge on any atom is 0.279 e. The lowest BCUT2D eigenvalue weighted by molar-refractivity contribution is 0.597. The summed E-state index contributed by atoms with van der Waals surface area (Å²) in [5.41, 5.74) is 2.00. The highest BCUT2D eigenvalue weighted by atomic mass is 32.2. The molecule has 1 saturated carbocycles. The largest absolute Gasteiger partial charge is 0.311 e. The first kappa shape index (κ1) is 21.5. The standard InChI is InChI=1S/C23H24N6O3S/c1-14(2)18-13-28(23-26-21(16-8-9-16)27-29(23)22(18)30)12-17-10-11-19(33(24,31)32)20(25-17)15-6-4-3-5-7-15/h3-7,10-11,13-14,16H,8-9,12H2,1-2H3,(H2,24,31,32). The molecule has 170 valence electrons. The summed E-state index contributed by atoms with van der Waals surface area (Å²) in [7, 11) is -3.97. The zero-order valence-electron chi connectivity index (χ0n) is 18.3. The zero-order chi connectivity index (χ0) is 23.3. The van der Waals surface area contributed by atoms with Crippen LogP contribution in [0.25, 0.3) is 17.0 Å². The Hall–Kier alpha value is -3.37. The number of hydrogen-bond donors (Lipinski definition) is 1. The molecule has 0 spiro atoms. The Balaban J connectivity index is 1.65. The third kappa shape index (κ3) is 4.07. The highest BCUT2D eigenvalue weighted by Gasteiger charge is 2.29. The molecule has 3 aromatic heterocycles. The van der Waals surface area contributed by atoms with Gasteiger partial charge in [0.05, 0.1) is 17.9 Å². The minimum atomic E-state index is -3.97. The molecule has 0 radical (unpaired) electrons. The average Bonchev–Trinajstić information content (AvgIpc) is 3.53. The van der Waals surface area contributed by atoms with Gasteiger partial charge in [-0.25, -0.2) is 18.5 Å². The SMILES string of the molecule is CC(C)c1cn(Cc2ccc(S(N)(=O)=O)c(-c3ccccc3)n2)c2nc(C3CC3)nn2c1=O. The lowest BCUT2D eigenvalue weighted by Gasteiger charge is -2.14. The predicted octanol–water partition coefficient (Wildman–Crippen LogP) is 2.65. The van der Waals surface area contributed by atoms with E-state index in [1.54, 1.807) is 24.4 Å². The first-order valence-electron chi connectivity index (χ1n) is 10.8. The number of nitrogens with zero attached hydrogens (tertiary/aromatic N) is 5. The molecule has 1 fully saturated rings. The van der Waals surface area contributed by atoms with Crippen LogP contribution >= 0.6 is 0 Å². The summed E-state index contributed by atoms with van der Waals surface area (Å²) in [4.78, 5) is 22.2. The van der Waals surface area contributed by atoms with Crippen molar-refractivity contribution in [2.24, 2.45) is 5.14 Å². The van der Waals surface area contributed by atoms with Gasteiger partial charge < -0.3 is 4.57 Å². The molecule has 33 heavy (non-hydrogen) atoms. The van der Waals surface area contributed by atoms with Crippen LogP contribution in [-0.2, 0) is 16.6 Å². The molecule has 1 aliphatic carbocycles. The second kappa shape index (κ2) is 7.89. The third-order valence-corrected chi connectivity index (χ3v) is 6.71. The summed E-state index contributed by atoms with van der Waals surface area (Å²) in [5.74, 6) is 1.44. The average molecular weight is 465 g/mol. The number of aromatic nitrogens is 5. The molecule has 2 N–H and O–H groups in total. The molecule has 0 amide bonds. The number of hydrogen-bond acceptors (Lipinski definition) is 6. The molecule has 0 bridgehead atoms. The topological polar surface area (TPSA) is 125 Å². The highest BCUT2D eigenvalue weighted by molar-refractivity contribution is 7.89. The van der Waals surface area contributed by atoms with Crippen LogP contribution in [0.1, 0.15) is 55.6 Å². The number of fused-ring (bicyclic) bond motifs is 1. The van der Waals surface area contributed by atoms with E-state index in [9.17, 15) is 13.2 Å². The molecular weight excluding hydrogens is 440 g/mol. The Morgan fingerprint density at radius 3 is 2.45 bits per heavy atom. The van der Waals surface area contributed by atoms with Gasteiger partial charge in [0.15, 0.2) is 5.82 Å². The molecule has 1 aliphatic rings. The van der Waals surface area contributed by atoms with Crippen molar-refractivity contribution in [2.45, 2.75) is 50.0 Å². The van der Waals surface area contributed by atoms with E-state index >= 15 is 0 Å². The molecular formula is C23H24N6O3S. The Morgan fingerprint density at radius 1 is 1.09 bits per heavy atom. The van der Waals surface area contributed by atoms with Crippen molar-refractivity contribution >= 4 is 15.8 Å². The third-order valence-electron chi connectivity index (χ3n) is 5.76. The van der Waals surface area contributed by atoms with Crippen LogP contribution in [0.4, 0.5) is 0 Å². The van der Waals surface area contributed by atoms with Crippen molar-refractivity contribution in [3.63, 3.8) is 0 Å². The van der Waals surface area contributed by atoms with Gasteiger partial charge in [0.25, 0.3) is 5.56 Å². The summed E-state index contributed by atoms with van der Waals surface area (Å²) < 4.78 is 27.6. The van der Waals surface area contributed by atoms with Crippen LogP contribution in [0.5, 0.6) is 0 Å². The van der Waals surface area contributed by atoms with E-state index in [0.717, 1.165) is 12.8 Å². The van der Waals surface area contributed by atoms with Gasteiger partial charge in [-0.15, -0.1) is 5.10 Å². The minimum Gasteiger partial charge on any atom is -0.311 e. The first-order valence-corrected chi connectivity index (χ1v) is 12.3. The second-order valence-electron chi connectivity index (χ2n) is 8.69. The molecule has 0 aliphatic heterocycles. The smallest absolute Gasteiger partial charge is 0.279 e. The van der Waals surface area contributed by atoms with Crippen molar-refractivity contribution in [3.8, 4) is 11.3 Å². The van der Waals surface area contributed by atoms with Crippen LogP contribution < -0.4 is 10.7 Å². The fourth-order valence-corrected chi connectivity index (χ4v) is 4.54. The lowest BCUT2D eigenvalue weighted by Crippen LogP contribution is -2.24. The summed E-state index contributed by atoms with van der Waals surface area (Å²) in [5, 5.41) is 9.94. The number of rotatable bonds is 6. The Kier molecular flexibility index (Phi) is 5.13. The van der Waals surface area contributed by atoms with Crippen LogP contribution in [0, 0.1) is 0 Å². The maximum atomic E-state index is 13.0. The maximum absolute atomic E-state index is 13.0. The summed E-state index contributed by atoms with van der Waals surface area (Å²) in [6.07, 6.45) is 3.85. The Bertz CT molecular complexity index is 1520. The van der Waals surface area contributed by atoms with E-state index in [2.05, 4.69) is 15.1 Å². The van der Waals surface area contributed by atoms with E-state index < -0.39 is 10.0 Å². The molecule has 0 saturated heterocycles. The molecule has 3 heterocycles. The van der Waals surface area contributed by atoms with Gasteiger partial charge in [-0.3, -0.25) is 4.79 Å². The highest BCUT2D eigenvalue weighted by Crippen LogP contribution is 2.38. The quantitative estimate of drug-likeness (QED) is 0.468. The first-order chi connectivity index (χ1) is 15.7. The van der Waals surface area contributed by atoms with E-state index in [-0.39, 0.29) is 28.6 Å². The number of sulfonamides is 1. The van der Waals surface area contributed by atoms with Gasteiger partial charge in [-0.1, -0.05) is 44.2 Å². The Labute approximate surface area is 191 Å². The molecule has 0 unspecified atom stereocenters. The second-order valence-corrected chi connectivity index (χ2v) is 10.2. The minimum absolute atomic E-state index is 0.000627. The van der Waals surface area contributed by atoms with Crippen LogP contribution in [0.2, 0.25) is 0 Å². The predicted molar refractivity (Wildman–Crippen MR) is 123 cm³/mol. The van der Waals surface area contributed by atoms with Gasteiger partial charge >= 0.3 is 0 Å². The van der Waals surface area contributed by atoms with Crippen LogP contribution in [0.3, 0.4) is 0 Å². The van der Waals surface area contributed by atoms with Crippen molar-refractivity contribution in [2.75, 3.05) is 0 Å². The zero-order valence-corrected chi connectivity index (χ0v) is 19.2. The van der Waals surface area contributed by atoms with E-state index in [1.165, 1.54) is 10.6 Å². The molecule has 4 aromatic rings.